The number of rotatable bonds is 5. The Labute approximate surface area is 212 Å². The molecule has 1 aliphatic heterocycles. The Kier molecular flexibility index (Phi) is 6.34. The molecule has 2 fully saturated rings. The number of benzene rings is 2. The highest BCUT2D eigenvalue weighted by Crippen LogP contribution is 2.36. The van der Waals surface area contributed by atoms with E-state index in [-0.39, 0.29) is 5.82 Å². The van der Waals surface area contributed by atoms with Gasteiger partial charge in [-0.3, -0.25) is 4.57 Å². The van der Waals surface area contributed by atoms with Crippen molar-refractivity contribution >= 4 is 22.5 Å². The molecule has 0 bridgehead atoms. The summed E-state index contributed by atoms with van der Waals surface area (Å²) in [6, 6.07) is 16.2. The molecule has 186 valence electrons. The summed E-state index contributed by atoms with van der Waals surface area (Å²) >= 11 is 0. The molecule has 6 heteroatoms. The van der Waals surface area contributed by atoms with Gasteiger partial charge in [0, 0.05) is 37.6 Å². The fraction of sp³-hybridized carbons (Fsp3) is 0.400. The van der Waals surface area contributed by atoms with Crippen LogP contribution in [0.5, 0.6) is 0 Å². The highest BCUT2D eigenvalue weighted by atomic mass is 19.1. The van der Waals surface area contributed by atoms with E-state index in [0.717, 1.165) is 41.2 Å². The number of nitrogens with one attached hydrogen (secondary N) is 1. The summed E-state index contributed by atoms with van der Waals surface area (Å²) in [5.74, 6) is 1.08. The highest BCUT2D eigenvalue weighted by Gasteiger charge is 2.22. The molecule has 0 atom stereocenters. The van der Waals surface area contributed by atoms with Crippen LogP contribution < -0.4 is 10.2 Å². The minimum Gasteiger partial charge on any atom is -0.386 e. The molecule has 1 saturated carbocycles. The molecule has 0 unspecified atom stereocenters. The van der Waals surface area contributed by atoms with E-state index in [1.807, 2.05) is 12.3 Å². The molecule has 1 aliphatic carbocycles. The van der Waals surface area contributed by atoms with Crippen LogP contribution in [0, 0.1) is 5.82 Å². The Balaban J connectivity index is 1.50. The van der Waals surface area contributed by atoms with E-state index in [1.54, 1.807) is 19.2 Å². The number of nitrogens with zero attached hydrogens (tertiary/aromatic N) is 4. The van der Waals surface area contributed by atoms with E-state index in [4.69, 9.17) is 9.97 Å². The summed E-state index contributed by atoms with van der Waals surface area (Å²) in [5.41, 5.74) is 6.45. The van der Waals surface area contributed by atoms with Crippen molar-refractivity contribution in [1.82, 2.24) is 14.5 Å². The molecule has 36 heavy (non-hydrogen) atoms. The van der Waals surface area contributed by atoms with Gasteiger partial charge in [0.25, 0.3) is 0 Å². The number of aromatic nitrogens is 3. The van der Waals surface area contributed by atoms with Crippen LogP contribution in [0.2, 0.25) is 0 Å². The number of pyridine rings is 1. The zero-order valence-corrected chi connectivity index (χ0v) is 21.0. The number of anilines is 2. The molecule has 3 heterocycles. The van der Waals surface area contributed by atoms with Crippen LogP contribution in [-0.4, -0.2) is 34.7 Å². The summed E-state index contributed by atoms with van der Waals surface area (Å²) in [4.78, 5) is 12.3. The van der Waals surface area contributed by atoms with Gasteiger partial charge in [-0.05, 0) is 80.0 Å². The number of piperidine rings is 1. The van der Waals surface area contributed by atoms with Gasteiger partial charge in [-0.25, -0.2) is 14.4 Å². The SMILES string of the molecule is CNc1ccc(-c2nc3c(N4CCCCC4)ccnc3n2-c2ccc(C3CCCCC3)cc2)cc1F. The third-order valence-corrected chi connectivity index (χ3v) is 7.95. The lowest BCUT2D eigenvalue weighted by atomic mass is 9.84. The minimum atomic E-state index is -0.287. The van der Waals surface area contributed by atoms with Crippen molar-refractivity contribution in [2.45, 2.75) is 57.3 Å². The number of imidazole rings is 1. The van der Waals surface area contributed by atoms with Gasteiger partial charge in [-0.1, -0.05) is 31.4 Å². The Bertz CT molecular complexity index is 1350. The smallest absolute Gasteiger partial charge is 0.167 e. The van der Waals surface area contributed by atoms with Crippen molar-refractivity contribution in [2.24, 2.45) is 0 Å². The van der Waals surface area contributed by atoms with Crippen molar-refractivity contribution < 1.29 is 4.39 Å². The first-order valence-corrected chi connectivity index (χ1v) is 13.4. The van der Waals surface area contributed by atoms with Gasteiger partial charge in [0.1, 0.15) is 17.2 Å². The van der Waals surface area contributed by atoms with E-state index in [0.29, 0.717) is 17.4 Å². The highest BCUT2D eigenvalue weighted by molar-refractivity contribution is 5.90. The molecule has 2 aliphatic rings. The van der Waals surface area contributed by atoms with Crippen molar-refractivity contribution in [3.05, 3.63) is 66.1 Å². The van der Waals surface area contributed by atoms with Gasteiger partial charge in [0.05, 0.1) is 11.4 Å². The molecule has 2 aromatic heterocycles. The fourth-order valence-electron chi connectivity index (χ4n) is 5.98. The number of hydrogen-bond donors (Lipinski definition) is 1. The van der Waals surface area contributed by atoms with Crippen LogP contribution in [-0.2, 0) is 0 Å². The second-order valence-corrected chi connectivity index (χ2v) is 10.2. The van der Waals surface area contributed by atoms with Gasteiger partial charge in [0.15, 0.2) is 5.65 Å². The first kappa shape index (κ1) is 23.0. The predicted octanol–water partition coefficient (Wildman–Crippen LogP) is 7.31. The van der Waals surface area contributed by atoms with Gasteiger partial charge in [-0.2, -0.15) is 0 Å². The van der Waals surface area contributed by atoms with Gasteiger partial charge in [-0.15, -0.1) is 0 Å². The molecule has 1 N–H and O–H groups in total. The topological polar surface area (TPSA) is 46.0 Å². The third-order valence-electron chi connectivity index (χ3n) is 7.95. The Morgan fingerprint density at radius 1 is 0.889 bits per heavy atom. The average molecular weight is 484 g/mol. The lowest BCUT2D eigenvalue weighted by Gasteiger charge is -2.28. The van der Waals surface area contributed by atoms with E-state index in [9.17, 15) is 4.39 Å². The van der Waals surface area contributed by atoms with E-state index in [1.165, 1.54) is 56.9 Å². The minimum absolute atomic E-state index is 0.287. The molecule has 6 rings (SSSR count). The maximum atomic E-state index is 14.8. The van der Waals surface area contributed by atoms with Gasteiger partial charge in [0.2, 0.25) is 0 Å². The van der Waals surface area contributed by atoms with Crippen LogP contribution >= 0.6 is 0 Å². The average Bonchev–Trinajstić information content (AvgIpc) is 3.34. The van der Waals surface area contributed by atoms with Gasteiger partial charge >= 0.3 is 0 Å². The molecule has 0 spiro atoms. The van der Waals surface area contributed by atoms with Crippen molar-refractivity contribution in [2.75, 3.05) is 30.4 Å². The van der Waals surface area contributed by atoms with Crippen LogP contribution in [0.25, 0.3) is 28.2 Å². The summed E-state index contributed by atoms with van der Waals surface area (Å²) < 4.78 is 16.9. The fourth-order valence-corrected chi connectivity index (χ4v) is 5.98. The first-order valence-electron chi connectivity index (χ1n) is 13.4. The van der Waals surface area contributed by atoms with Crippen LogP contribution in [0.1, 0.15) is 62.8 Å². The number of halogens is 1. The molecular formula is C30H34FN5. The maximum Gasteiger partial charge on any atom is 0.167 e. The second-order valence-electron chi connectivity index (χ2n) is 10.2. The third kappa shape index (κ3) is 4.23. The Morgan fingerprint density at radius 2 is 1.64 bits per heavy atom. The monoisotopic (exact) mass is 483 g/mol. The number of hydrogen-bond acceptors (Lipinski definition) is 4. The molecule has 5 nitrogen and oxygen atoms in total. The summed E-state index contributed by atoms with van der Waals surface area (Å²) in [6.07, 6.45) is 12.1. The first-order chi connectivity index (χ1) is 17.7. The standard InChI is InChI=1S/C30H34FN5/c1-32-26-15-12-23(20-25(26)31)29-34-28-27(35-18-6-3-7-19-35)16-17-33-30(28)36(29)24-13-10-22(11-14-24)21-8-4-2-5-9-21/h10-17,20-21,32H,2-9,18-19H2,1H3. The molecule has 0 radical (unpaired) electrons. The Morgan fingerprint density at radius 3 is 2.36 bits per heavy atom. The van der Waals surface area contributed by atoms with Gasteiger partial charge < -0.3 is 10.2 Å². The van der Waals surface area contributed by atoms with E-state index < -0.39 is 0 Å². The van der Waals surface area contributed by atoms with E-state index in [2.05, 4.69) is 45.1 Å². The quantitative estimate of drug-likeness (QED) is 0.323. The number of fused-ring (bicyclic) bond motifs is 1. The maximum absolute atomic E-state index is 14.8. The summed E-state index contributed by atoms with van der Waals surface area (Å²) in [5, 5.41) is 2.92. The van der Waals surface area contributed by atoms with Crippen LogP contribution in [0.15, 0.2) is 54.7 Å². The lowest BCUT2D eigenvalue weighted by Crippen LogP contribution is -2.29. The zero-order chi connectivity index (χ0) is 24.5. The summed E-state index contributed by atoms with van der Waals surface area (Å²) in [7, 11) is 1.73. The predicted molar refractivity (Wildman–Crippen MR) is 146 cm³/mol. The van der Waals surface area contributed by atoms with Crippen LogP contribution in [0.3, 0.4) is 0 Å². The van der Waals surface area contributed by atoms with Crippen molar-refractivity contribution in [3.63, 3.8) is 0 Å². The molecule has 2 aromatic carbocycles. The molecular weight excluding hydrogens is 449 g/mol. The Hall–Kier alpha value is -3.41. The summed E-state index contributed by atoms with van der Waals surface area (Å²) in [6.45, 7) is 2.06. The van der Waals surface area contributed by atoms with Crippen molar-refractivity contribution in [1.29, 1.82) is 0 Å². The van der Waals surface area contributed by atoms with Crippen LogP contribution in [0.4, 0.5) is 15.8 Å². The van der Waals surface area contributed by atoms with E-state index >= 15 is 0 Å². The second kappa shape index (κ2) is 9.92. The zero-order valence-electron chi connectivity index (χ0n) is 21.0. The molecule has 1 saturated heterocycles. The molecule has 4 aromatic rings. The molecule has 0 amide bonds. The largest absolute Gasteiger partial charge is 0.386 e. The lowest BCUT2D eigenvalue weighted by molar-refractivity contribution is 0.443. The van der Waals surface area contributed by atoms with Crippen molar-refractivity contribution in [3.8, 4) is 17.1 Å². The normalized spacial score (nSPS) is 17.0.